The van der Waals surface area contributed by atoms with Crippen molar-refractivity contribution in [3.8, 4) is 5.75 Å². The molecule has 0 saturated heterocycles. The fourth-order valence-electron chi connectivity index (χ4n) is 2.54. The predicted molar refractivity (Wildman–Crippen MR) is 114 cm³/mol. The summed E-state index contributed by atoms with van der Waals surface area (Å²) < 4.78 is 29.7. The monoisotopic (exact) mass is 439 g/mol. The maximum atomic E-state index is 12.3. The largest absolute Gasteiger partial charge is 0.379 e. The zero-order valence-corrected chi connectivity index (χ0v) is 17.1. The van der Waals surface area contributed by atoms with Gasteiger partial charge in [-0.25, -0.2) is 5.43 Å². The average Bonchev–Trinajstić information content (AvgIpc) is 2.75. The number of hydrazone groups is 1. The van der Waals surface area contributed by atoms with Gasteiger partial charge >= 0.3 is 10.1 Å². The molecule has 0 fully saturated rings. The first-order chi connectivity index (χ1) is 14.8. The first-order valence-electron chi connectivity index (χ1n) is 8.94. The van der Waals surface area contributed by atoms with Crippen molar-refractivity contribution in [2.75, 3.05) is 0 Å². The maximum absolute atomic E-state index is 12.3. The van der Waals surface area contributed by atoms with Crippen LogP contribution in [0.15, 0.2) is 82.8 Å². The van der Waals surface area contributed by atoms with Gasteiger partial charge in [0.2, 0.25) is 0 Å². The molecule has 10 heteroatoms. The Bertz CT molecular complexity index is 1240. The van der Waals surface area contributed by atoms with Crippen molar-refractivity contribution >= 4 is 27.9 Å². The van der Waals surface area contributed by atoms with Crippen LogP contribution in [0.1, 0.15) is 21.5 Å². The van der Waals surface area contributed by atoms with Gasteiger partial charge in [-0.3, -0.25) is 14.9 Å². The van der Waals surface area contributed by atoms with Crippen LogP contribution in [0.4, 0.5) is 5.69 Å². The minimum absolute atomic E-state index is 0.0430. The van der Waals surface area contributed by atoms with Crippen molar-refractivity contribution in [3.05, 3.63) is 99.6 Å². The van der Waals surface area contributed by atoms with E-state index in [1.807, 2.05) is 6.92 Å². The van der Waals surface area contributed by atoms with E-state index in [9.17, 15) is 23.3 Å². The highest BCUT2D eigenvalue weighted by molar-refractivity contribution is 7.87. The molecule has 0 heterocycles. The van der Waals surface area contributed by atoms with Gasteiger partial charge in [0, 0.05) is 6.07 Å². The highest BCUT2D eigenvalue weighted by atomic mass is 32.2. The first-order valence-corrected chi connectivity index (χ1v) is 10.3. The molecular formula is C21H17N3O6S. The van der Waals surface area contributed by atoms with Crippen LogP contribution in [0.3, 0.4) is 0 Å². The lowest BCUT2D eigenvalue weighted by Gasteiger charge is -2.07. The third-order valence-corrected chi connectivity index (χ3v) is 5.38. The number of benzene rings is 3. The second-order valence-electron chi connectivity index (χ2n) is 6.39. The molecular weight excluding hydrogens is 422 g/mol. The predicted octanol–water partition coefficient (Wildman–Crippen LogP) is 3.43. The molecule has 3 rings (SSSR count). The minimum Gasteiger partial charge on any atom is -0.379 e. The summed E-state index contributed by atoms with van der Waals surface area (Å²) in [6, 6.07) is 17.8. The molecule has 0 aliphatic carbocycles. The molecule has 0 radical (unpaired) electrons. The van der Waals surface area contributed by atoms with Gasteiger partial charge in [0.15, 0.2) is 0 Å². The summed E-state index contributed by atoms with van der Waals surface area (Å²) in [4.78, 5) is 22.5. The van der Waals surface area contributed by atoms with E-state index in [0.29, 0.717) is 5.56 Å². The number of amides is 1. The van der Waals surface area contributed by atoms with E-state index in [0.717, 1.165) is 5.56 Å². The Kier molecular flexibility index (Phi) is 6.41. The van der Waals surface area contributed by atoms with Crippen molar-refractivity contribution in [3.63, 3.8) is 0 Å². The van der Waals surface area contributed by atoms with Crippen LogP contribution in [0.25, 0.3) is 0 Å². The van der Waals surface area contributed by atoms with E-state index in [1.54, 1.807) is 24.3 Å². The Balaban J connectivity index is 1.64. The van der Waals surface area contributed by atoms with E-state index < -0.39 is 20.9 Å². The van der Waals surface area contributed by atoms with Crippen molar-refractivity contribution in [2.24, 2.45) is 5.10 Å². The lowest BCUT2D eigenvalue weighted by molar-refractivity contribution is -0.385. The van der Waals surface area contributed by atoms with Crippen molar-refractivity contribution in [2.45, 2.75) is 11.8 Å². The van der Waals surface area contributed by atoms with Gasteiger partial charge in [-0.05, 0) is 55.0 Å². The van der Waals surface area contributed by atoms with Crippen LogP contribution in [0.5, 0.6) is 5.75 Å². The van der Waals surface area contributed by atoms with Crippen LogP contribution in [0.2, 0.25) is 0 Å². The summed E-state index contributed by atoms with van der Waals surface area (Å²) in [5.74, 6) is -0.616. The Morgan fingerprint density at radius 2 is 1.68 bits per heavy atom. The summed E-state index contributed by atoms with van der Waals surface area (Å²) in [7, 11) is -3.96. The van der Waals surface area contributed by atoms with Gasteiger partial charge in [0.05, 0.1) is 11.1 Å². The van der Waals surface area contributed by atoms with E-state index >= 15 is 0 Å². The number of nitro groups is 1. The summed E-state index contributed by atoms with van der Waals surface area (Å²) in [5.41, 5.74) is 3.25. The molecule has 3 aromatic carbocycles. The summed E-state index contributed by atoms with van der Waals surface area (Å²) >= 11 is 0. The quantitative estimate of drug-likeness (QED) is 0.260. The number of aryl methyl sites for hydroxylation is 1. The van der Waals surface area contributed by atoms with E-state index in [1.165, 1.54) is 54.7 Å². The molecule has 0 bridgehead atoms. The SMILES string of the molecule is Cc1ccc(S(=O)(=O)Oc2ccc(C=NNC(=O)c3ccccc3[N+](=O)[O-])cc2)cc1. The summed E-state index contributed by atoms with van der Waals surface area (Å²) in [6.45, 7) is 1.85. The number of rotatable bonds is 7. The molecule has 1 amide bonds. The summed E-state index contributed by atoms with van der Waals surface area (Å²) in [5, 5.41) is 14.8. The number of carbonyl (C=O) groups excluding carboxylic acids is 1. The van der Waals surface area contributed by atoms with Gasteiger partial charge in [-0.2, -0.15) is 13.5 Å². The van der Waals surface area contributed by atoms with Crippen LogP contribution in [-0.4, -0.2) is 25.5 Å². The van der Waals surface area contributed by atoms with Crippen molar-refractivity contribution in [1.29, 1.82) is 0 Å². The van der Waals surface area contributed by atoms with Crippen LogP contribution >= 0.6 is 0 Å². The molecule has 0 aromatic heterocycles. The highest BCUT2D eigenvalue weighted by Gasteiger charge is 2.18. The number of nitrogens with one attached hydrogen (secondary N) is 1. The smallest absolute Gasteiger partial charge is 0.339 e. The third kappa shape index (κ3) is 5.52. The fourth-order valence-corrected chi connectivity index (χ4v) is 3.47. The lowest BCUT2D eigenvalue weighted by Crippen LogP contribution is -2.18. The fraction of sp³-hybridized carbons (Fsp3) is 0.0476. The topological polar surface area (TPSA) is 128 Å². The highest BCUT2D eigenvalue weighted by Crippen LogP contribution is 2.20. The van der Waals surface area contributed by atoms with Crippen molar-refractivity contribution < 1.29 is 22.3 Å². The molecule has 0 spiro atoms. The molecule has 31 heavy (non-hydrogen) atoms. The molecule has 3 aromatic rings. The minimum atomic E-state index is -3.96. The molecule has 1 N–H and O–H groups in total. The Labute approximate surface area is 178 Å². The second kappa shape index (κ2) is 9.18. The number of para-hydroxylation sites is 1. The van der Waals surface area contributed by atoms with Gasteiger partial charge < -0.3 is 4.18 Å². The molecule has 0 unspecified atom stereocenters. The molecule has 158 valence electrons. The van der Waals surface area contributed by atoms with Gasteiger partial charge in [0.1, 0.15) is 16.2 Å². The van der Waals surface area contributed by atoms with Crippen LogP contribution in [-0.2, 0) is 10.1 Å². The molecule has 0 saturated carbocycles. The lowest BCUT2D eigenvalue weighted by atomic mass is 10.2. The van der Waals surface area contributed by atoms with Crippen molar-refractivity contribution in [1.82, 2.24) is 5.43 Å². The third-order valence-electron chi connectivity index (χ3n) is 4.12. The normalized spacial score (nSPS) is 11.3. The zero-order chi connectivity index (χ0) is 22.4. The number of hydrogen-bond donors (Lipinski definition) is 1. The molecule has 0 atom stereocenters. The van der Waals surface area contributed by atoms with Gasteiger partial charge in [-0.15, -0.1) is 0 Å². The van der Waals surface area contributed by atoms with E-state index in [2.05, 4.69) is 10.5 Å². The zero-order valence-electron chi connectivity index (χ0n) is 16.3. The standard InChI is InChI=1S/C21H17N3O6S/c1-15-6-12-18(13-7-15)31(28,29)30-17-10-8-16(9-11-17)14-22-23-21(25)19-4-2-3-5-20(19)24(26)27/h2-14H,1H3,(H,23,25). The van der Waals surface area contributed by atoms with Gasteiger partial charge in [0.25, 0.3) is 11.6 Å². The molecule has 0 aliphatic heterocycles. The average molecular weight is 439 g/mol. The van der Waals surface area contributed by atoms with Crippen LogP contribution < -0.4 is 9.61 Å². The van der Waals surface area contributed by atoms with E-state index in [-0.39, 0.29) is 21.9 Å². The maximum Gasteiger partial charge on any atom is 0.339 e. The summed E-state index contributed by atoms with van der Waals surface area (Å²) in [6.07, 6.45) is 1.31. The molecule has 9 nitrogen and oxygen atoms in total. The Morgan fingerprint density at radius 3 is 2.32 bits per heavy atom. The van der Waals surface area contributed by atoms with Crippen LogP contribution in [0, 0.1) is 17.0 Å². The number of nitro benzene ring substituents is 1. The number of carbonyl (C=O) groups is 1. The van der Waals surface area contributed by atoms with Gasteiger partial charge in [-0.1, -0.05) is 29.8 Å². The first kappa shape index (κ1) is 21.7. The Hall–Kier alpha value is -4.05. The molecule has 0 aliphatic rings. The number of hydrogen-bond acceptors (Lipinski definition) is 7. The second-order valence-corrected chi connectivity index (χ2v) is 7.94. The Morgan fingerprint density at radius 1 is 1.03 bits per heavy atom. The van der Waals surface area contributed by atoms with E-state index in [4.69, 9.17) is 4.18 Å². The number of nitrogens with zero attached hydrogens (tertiary/aromatic N) is 2.